The topological polar surface area (TPSA) is 31.6 Å². The van der Waals surface area contributed by atoms with E-state index in [0.717, 1.165) is 12.0 Å². The fourth-order valence-corrected chi connectivity index (χ4v) is 1.84. The van der Waals surface area contributed by atoms with E-state index in [2.05, 4.69) is 22.1 Å². The van der Waals surface area contributed by atoms with Crippen molar-refractivity contribution in [2.24, 2.45) is 0 Å². The van der Waals surface area contributed by atoms with Gasteiger partial charge in [0.25, 0.3) is 0 Å². The number of nitrogens with one attached hydrogen (secondary N) is 2. The Morgan fingerprint density at radius 2 is 1.80 bits per heavy atom. The van der Waals surface area contributed by atoms with E-state index in [9.17, 15) is 0 Å². The predicted molar refractivity (Wildman–Crippen MR) is 66.1 cm³/mol. The second kappa shape index (κ2) is 4.51. The molecular formula is C11H10N2S2. The SMILES string of the molecule is S=c1[nH]cc(Cc2ccccc2)c(=S)[nH]1. The highest BCUT2D eigenvalue weighted by molar-refractivity contribution is 7.72. The predicted octanol–water partition coefficient (Wildman–Crippen LogP) is 3.39. The third-order valence-electron chi connectivity index (χ3n) is 2.13. The molecule has 0 atom stereocenters. The van der Waals surface area contributed by atoms with Crippen molar-refractivity contribution in [3.05, 3.63) is 57.1 Å². The molecule has 0 bridgehead atoms. The van der Waals surface area contributed by atoms with Gasteiger partial charge in [-0.05, 0) is 17.8 Å². The Hall–Kier alpha value is -1.26. The molecule has 2 rings (SSSR count). The summed E-state index contributed by atoms with van der Waals surface area (Å²) in [7, 11) is 0. The third-order valence-corrected chi connectivity index (χ3v) is 2.72. The second-order valence-electron chi connectivity index (χ2n) is 3.26. The summed E-state index contributed by atoms with van der Waals surface area (Å²) in [4.78, 5) is 5.89. The molecule has 0 spiro atoms. The normalized spacial score (nSPS) is 10.1. The minimum Gasteiger partial charge on any atom is -0.339 e. The van der Waals surface area contributed by atoms with E-state index in [4.69, 9.17) is 24.4 Å². The first kappa shape index (κ1) is 10.3. The van der Waals surface area contributed by atoms with Gasteiger partial charge in [0.2, 0.25) is 0 Å². The van der Waals surface area contributed by atoms with Gasteiger partial charge in [-0.3, -0.25) is 0 Å². The van der Waals surface area contributed by atoms with E-state index in [1.807, 2.05) is 24.4 Å². The maximum Gasteiger partial charge on any atom is 0.175 e. The van der Waals surface area contributed by atoms with Gasteiger partial charge < -0.3 is 9.97 Å². The van der Waals surface area contributed by atoms with Crippen LogP contribution in [-0.4, -0.2) is 9.97 Å². The Kier molecular flexibility index (Phi) is 3.08. The minimum atomic E-state index is 0.566. The van der Waals surface area contributed by atoms with Crippen LogP contribution in [0.15, 0.2) is 36.5 Å². The van der Waals surface area contributed by atoms with E-state index < -0.39 is 0 Å². The highest BCUT2D eigenvalue weighted by atomic mass is 32.1. The zero-order chi connectivity index (χ0) is 10.7. The number of hydrogen-bond acceptors (Lipinski definition) is 2. The molecule has 2 N–H and O–H groups in total. The van der Waals surface area contributed by atoms with Gasteiger partial charge in [0.05, 0.1) is 0 Å². The Balaban J connectivity index is 2.33. The molecule has 0 fully saturated rings. The molecule has 0 saturated carbocycles. The van der Waals surface area contributed by atoms with E-state index in [-0.39, 0.29) is 0 Å². The molecule has 0 aliphatic heterocycles. The zero-order valence-corrected chi connectivity index (χ0v) is 9.62. The van der Waals surface area contributed by atoms with Gasteiger partial charge >= 0.3 is 0 Å². The lowest BCUT2D eigenvalue weighted by Gasteiger charge is -2.01. The molecule has 0 saturated heterocycles. The van der Waals surface area contributed by atoms with Crippen molar-refractivity contribution < 1.29 is 0 Å². The standard InChI is InChI=1S/C11H10N2S2/c14-10-9(7-12-11(15)13-10)6-8-4-2-1-3-5-8/h1-5,7H,6H2,(H2,12,13,14,15). The second-order valence-corrected chi connectivity index (χ2v) is 4.08. The van der Waals surface area contributed by atoms with Crippen molar-refractivity contribution in [2.75, 3.05) is 0 Å². The van der Waals surface area contributed by atoms with Crippen molar-refractivity contribution in [3.63, 3.8) is 0 Å². The first-order chi connectivity index (χ1) is 7.25. The molecule has 76 valence electrons. The van der Waals surface area contributed by atoms with Crippen molar-refractivity contribution in [2.45, 2.75) is 6.42 Å². The number of hydrogen-bond donors (Lipinski definition) is 2. The first-order valence-corrected chi connectivity index (χ1v) is 5.42. The summed E-state index contributed by atoms with van der Waals surface area (Å²) in [5.41, 5.74) is 2.30. The van der Waals surface area contributed by atoms with Crippen LogP contribution in [0.1, 0.15) is 11.1 Å². The quantitative estimate of drug-likeness (QED) is 0.780. The molecular weight excluding hydrogens is 224 g/mol. The first-order valence-electron chi connectivity index (χ1n) is 4.60. The molecule has 2 nitrogen and oxygen atoms in total. The van der Waals surface area contributed by atoms with Crippen molar-refractivity contribution in [3.8, 4) is 0 Å². The lowest BCUT2D eigenvalue weighted by Crippen LogP contribution is -1.93. The summed E-state index contributed by atoms with van der Waals surface area (Å²) < 4.78 is 1.28. The van der Waals surface area contributed by atoms with Crippen LogP contribution < -0.4 is 0 Å². The Labute approximate surface area is 98.0 Å². The van der Waals surface area contributed by atoms with Crippen LogP contribution >= 0.6 is 24.4 Å². The van der Waals surface area contributed by atoms with Crippen LogP contribution in [0.3, 0.4) is 0 Å². The van der Waals surface area contributed by atoms with Crippen LogP contribution in [0, 0.1) is 9.41 Å². The monoisotopic (exact) mass is 234 g/mol. The van der Waals surface area contributed by atoms with Crippen LogP contribution in [0.5, 0.6) is 0 Å². The molecule has 0 amide bonds. The molecule has 0 radical (unpaired) electrons. The molecule has 2 aromatic rings. The molecule has 4 heteroatoms. The lowest BCUT2D eigenvalue weighted by molar-refractivity contribution is 1.04. The smallest absolute Gasteiger partial charge is 0.175 e. The minimum absolute atomic E-state index is 0.566. The van der Waals surface area contributed by atoms with Gasteiger partial charge in [-0.2, -0.15) is 0 Å². The Bertz CT molecular complexity index is 555. The van der Waals surface area contributed by atoms with Gasteiger partial charge in [0.1, 0.15) is 4.64 Å². The van der Waals surface area contributed by atoms with E-state index in [0.29, 0.717) is 9.41 Å². The van der Waals surface area contributed by atoms with Crippen molar-refractivity contribution >= 4 is 24.4 Å². The molecule has 0 unspecified atom stereocenters. The Morgan fingerprint density at radius 3 is 2.47 bits per heavy atom. The fraction of sp³-hybridized carbons (Fsp3) is 0.0909. The van der Waals surface area contributed by atoms with Gasteiger partial charge in [-0.1, -0.05) is 42.5 Å². The Morgan fingerprint density at radius 1 is 1.07 bits per heavy atom. The molecule has 15 heavy (non-hydrogen) atoms. The maximum atomic E-state index is 5.20. The highest BCUT2D eigenvalue weighted by Gasteiger charge is 1.97. The molecule has 1 aromatic heterocycles. The number of benzene rings is 1. The summed E-state index contributed by atoms with van der Waals surface area (Å²) in [6.45, 7) is 0. The molecule has 0 aliphatic carbocycles. The van der Waals surface area contributed by atoms with Gasteiger partial charge in [-0.25, -0.2) is 0 Å². The average Bonchev–Trinajstić information content (AvgIpc) is 2.24. The van der Waals surface area contributed by atoms with E-state index in [1.165, 1.54) is 5.56 Å². The summed E-state index contributed by atoms with van der Waals surface area (Å²) in [6, 6.07) is 10.2. The van der Waals surface area contributed by atoms with Crippen molar-refractivity contribution in [1.29, 1.82) is 0 Å². The highest BCUT2D eigenvalue weighted by Crippen LogP contribution is 2.08. The van der Waals surface area contributed by atoms with Crippen LogP contribution in [0.2, 0.25) is 0 Å². The van der Waals surface area contributed by atoms with E-state index >= 15 is 0 Å². The zero-order valence-electron chi connectivity index (χ0n) is 7.99. The fourth-order valence-electron chi connectivity index (χ4n) is 1.38. The molecule has 1 aromatic carbocycles. The molecule has 1 heterocycles. The maximum absolute atomic E-state index is 5.20. The summed E-state index contributed by atoms with van der Waals surface area (Å²) in [5.74, 6) is 0. The van der Waals surface area contributed by atoms with Crippen LogP contribution in [0.4, 0.5) is 0 Å². The number of rotatable bonds is 2. The molecule has 0 aliphatic rings. The largest absolute Gasteiger partial charge is 0.339 e. The number of aromatic amines is 2. The lowest BCUT2D eigenvalue weighted by atomic mass is 10.1. The summed E-state index contributed by atoms with van der Waals surface area (Å²) in [5, 5.41) is 0. The summed E-state index contributed by atoms with van der Waals surface area (Å²) >= 11 is 10.1. The van der Waals surface area contributed by atoms with Crippen LogP contribution in [-0.2, 0) is 6.42 Å². The van der Waals surface area contributed by atoms with Gasteiger partial charge in [0, 0.05) is 18.2 Å². The van der Waals surface area contributed by atoms with Gasteiger partial charge in [-0.15, -0.1) is 0 Å². The van der Waals surface area contributed by atoms with Crippen LogP contribution in [0.25, 0.3) is 0 Å². The number of H-pyrrole nitrogens is 2. The van der Waals surface area contributed by atoms with Crippen molar-refractivity contribution in [1.82, 2.24) is 9.97 Å². The van der Waals surface area contributed by atoms with E-state index in [1.54, 1.807) is 0 Å². The third kappa shape index (κ3) is 2.61. The number of aromatic nitrogens is 2. The summed E-state index contributed by atoms with van der Waals surface area (Å²) in [6.07, 6.45) is 2.69. The average molecular weight is 234 g/mol. The van der Waals surface area contributed by atoms with Gasteiger partial charge in [0.15, 0.2) is 4.77 Å².